The van der Waals surface area contributed by atoms with E-state index in [0.717, 1.165) is 15.6 Å². The molecule has 0 heterocycles. The van der Waals surface area contributed by atoms with E-state index in [4.69, 9.17) is 6.42 Å². The summed E-state index contributed by atoms with van der Waals surface area (Å²) in [4.78, 5) is 12.1. The van der Waals surface area contributed by atoms with Gasteiger partial charge in [0.25, 0.3) is 5.91 Å². The molecule has 0 radical (unpaired) electrons. The average Bonchev–Trinajstić information content (AvgIpc) is 2.42. The molecule has 0 aliphatic heterocycles. The predicted molar refractivity (Wildman–Crippen MR) is 81.2 cm³/mol. The van der Waals surface area contributed by atoms with Gasteiger partial charge in [-0.05, 0) is 48.9 Å². The minimum absolute atomic E-state index is 0.148. The Morgan fingerprint density at radius 1 is 1.26 bits per heavy atom. The van der Waals surface area contributed by atoms with Crippen molar-refractivity contribution in [3.8, 4) is 12.3 Å². The van der Waals surface area contributed by atoms with Gasteiger partial charge in [-0.25, -0.2) is 0 Å². The number of carbonyl (C=O) groups is 1. The van der Waals surface area contributed by atoms with Crippen molar-refractivity contribution in [3.63, 3.8) is 0 Å². The Hall–Kier alpha value is -2.05. The number of nitrogens with one attached hydrogen (secondary N) is 1. The number of rotatable bonds is 2. The van der Waals surface area contributed by atoms with Gasteiger partial charge >= 0.3 is 0 Å². The highest BCUT2D eigenvalue weighted by molar-refractivity contribution is 9.10. The van der Waals surface area contributed by atoms with E-state index in [1.54, 1.807) is 12.1 Å². The number of hydrogen-bond acceptors (Lipinski definition) is 1. The van der Waals surface area contributed by atoms with Crippen molar-refractivity contribution in [2.45, 2.75) is 6.92 Å². The number of carbonyl (C=O) groups excluding carboxylic acids is 1. The zero-order chi connectivity index (χ0) is 13.8. The summed E-state index contributed by atoms with van der Waals surface area (Å²) in [6, 6.07) is 12.7. The lowest BCUT2D eigenvalue weighted by Gasteiger charge is -2.07. The van der Waals surface area contributed by atoms with Crippen LogP contribution in [-0.4, -0.2) is 5.91 Å². The molecule has 0 saturated heterocycles. The maximum atomic E-state index is 12.1. The van der Waals surface area contributed by atoms with Gasteiger partial charge in [-0.3, -0.25) is 4.79 Å². The summed E-state index contributed by atoms with van der Waals surface area (Å²) in [5.41, 5.74) is 3.07. The second kappa shape index (κ2) is 5.73. The van der Waals surface area contributed by atoms with Crippen LogP contribution < -0.4 is 5.32 Å². The fraction of sp³-hybridized carbons (Fsp3) is 0.0625. The molecule has 94 valence electrons. The lowest BCUT2D eigenvalue weighted by atomic mass is 10.1. The molecule has 2 aromatic rings. The van der Waals surface area contributed by atoms with E-state index in [2.05, 4.69) is 27.2 Å². The molecule has 19 heavy (non-hydrogen) atoms. The van der Waals surface area contributed by atoms with Crippen LogP contribution in [0.3, 0.4) is 0 Å². The number of anilines is 1. The van der Waals surface area contributed by atoms with Crippen LogP contribution in [0.25, 0.3) is 0 Å². The van der Waals surface area contributed by atoms with E-state index in [0.29, 0.717) is 11.3 Å². The molecule has 0 unspecified atom stereocenters. The summed E-state index contributed by atoms with van der Waals surface area (Å²) >= 11 is 3.41. The van der Waals surface area contributed by atoms with E-state index >= 15 is 0 Å². The van der Waals surface area contributed by atoms with Crippen LogP contribution in [0.15, 0.2) is 46.9 Å². The van der Waals surface area contributed by atoms with Crippen LogP contribution >= 0.6 is 15.9 Å². The third kappa shape index (κ3) is 3.24. The van der Waals surface area contributed by atoms with E-state index in [-0.39, 0.29) is 5.91 Å². The highest BCUT2D eigenvalue weighted by atomic mass is 79.9. The molecule has 2 aromatic carbocycles. The van der Waals surface area contributed by atoms with E-state index in [1.807, 2.05) is 37.3 Å². The normalized spacial score (nSPS) is 9.74. The van der Waals surface area contributed by atoms with Crippen molar-refractivity contribution in [3.05, 3.63) is 63.6 Å². The molecule has 0 aliphatic rings. The van der Waals surface area contributed by atoms with Crippen LogP contribution in [0.4, 0.5) is 5.69 Å². The number of benzene rings is 2. The predicted octanol–water partition coefficient (Wildman–Crippen LogP) is 3.99. The molecule has 0 aromatic heterocycles. The zero-order valence-electron chi connectivity index (χ0n) is 10.4. The third-order valence-electron chi connectivity index (χ3n) is 2.71. The second-order valence-electron chi connectivity index (χ2n) is 4.14. The number of halogens is 1. The quantitative estimate of drug-likeness (QED) is 0.834. The van der Waals surface area contributed by atoms with E-state index < -0.39 is 0 Å². The summed E-state index contributed by atoms with van der Waals surface area (Å²) in [6.45, 7) is 1.94. The molecule has 0 aliphatic carbocycles. The van der Waals surface area contributed by atoms with Gasteiger partial charge in [0.05, 0.1) is 0 Å². The molecular weight excluding hydrogens is 302 g/mol. The minimum atomic E-state index is -0.148. The van der Waals surface area contributed by atoms with Crippen molar-refractivity contribution in [2.24, 2.45) is 0 Å². The van der Waals surface area contributed by atoms with Gasteiger partial charge in [-0.2, -0.15) is 0 Å². The molecule has 2 rings (SSSR count). The third-order valence-corrected chi connectivity index (χ3v) is 3.60. The molecule has 1 N–H and O–H groups in total. The molecule has 0 saturated carbocycles. The van der Waals surface area contributed by atoms with Gasteiger partial charge in [0, 0.05) is 21.3 Å². The van der Waals surface area contributed by atoms with Gasteiger partial charge in [0.1, 0.15) is 0 Å². The Morgan fingerprint density at radius 2 is 2.05 bits per heavy atom. The minimum Gasteiger partial charge on any atom is -0.322 e. The number of aryl methyl sites for hydroxylation is 1. The molecule has 3 heteroatoms. The van der Waals surface area contributed by atoms with Crippen LogP contribution in [-0.2, 0) is 0 Å². The van der Waals surface area contributed by atoms with Crippen LogP contribution in [0.5, 0.6) is 0 Å². The lowest BCUT2D eigenvalue weighted by Crippen LogP contribution is -2.12. The Bertz CT molecular complexity index is 671. The Balaban J connectivity index is 2.21. The lowest BCUT2D eigenvalue weighted by molar-refractivity contribution is 0.102. The number of terminal acetylenes is 1. The second-order valence-corrected chi connectivity index (χ2v) is 5.00. The largest absolute Gasteiger partial charge is 0.322 e. The first-order chi connectivity index (χ1) is 9.10. The SMILES string of the molecule is C#Cc1cccc(NC(=O)c2ccc(Br)c(C)c2)c1. The van der Waals surface area contributed by atoms with Gasteiger partial charge in [0.15, 0.2) is 0 Å². The summed E-state index contributed by atoms with van der Waals surface area (Å²) in [5, 5.41) is 2.83. The van der Waals surface area contributed by atoms with Gasteiger partial charge in [-0.15, -0.1) is 6.42 Å². The van der Waals surface area contributed by atoms with Crippen molar-refractivity contribution in [1.29, 1.82) is 0 Å². The van der Waals surface area contributed by atoms with Crippen molar-refractivity contribution in [1.82, 2.24) is 0 Å². The molecular formula is C16H12BrNO. The molecule has 0 spiro atoms. The van der Waals surface area contributed by atoms with Crippen molar-refractivity contribution >= 4 is 27.5 Å². The molecule has 1 amide bonds. The fourth-order valence-corrected chi connectivity index (χ4v) is 1.92. The Labute approximate surface area is 121 Å². The smallest absolute Gasteiger partial charge is 0.255 e. The summed E-state index contributed by atoms with van der Waals surface area (Å²) < 4.78 is 0.985. The molecule has 2 nitrogen and oxygen atoms in total. The zero-order valence-corrected chi connectivity index (χ0v) is 12.0. The Kier molecular flexibility index (Phi) is 4.03. The van der Waals surface area contributed by atoms with Crippen molar-refractivity contribution < 1.29 is 4.79 Å². The molecule has 0 atom stereocenters. The van der Waals surface area contributed by atoms with E-state index in [1.165, 1.54) is 0 Å². The first kappa shape index (κ1) is 13.4. The molecule has 0 bridgehead atoms. The maximum absolute atomic E-state index is 12.1. The number of amides is 1. The highest BCUT2D eigenvalue weighted by Gasteiger charge is 2.07. The average molecular weight is 314 g/mol. The van der Waals surface area contributed by atoms with Crippen molar-refractivity contribution in [2.75, 3.05) is 5.32 Å². The van der Waals surface area contributed by atoms with E-state index in [9.17, 15) is 4.79 Å². The van der Waals surface area contributed by atoms with Gasteiger partial charge in [0.2, 0.25) is 0 Å². The van der Waals surface area contributed by atoms with Crippen LogP contribution in [0.2, 0.25) is 0 Å². The fourth-order valence-electron chi connectivity index (χ4n) is 1.68. The first-order valence-corrected chi connectivity index (χ1v) is 6.53. The maximum Gasteiger partial charge on any atom is 0.255 e. The first-order valence-electron chi connectivity index (χ1n) is 5.74. The summed E-state index contributed by atoms with van der Waals surface area (Å²) in [5.74, 6) is 2.39. The highest BCUT2D eigenvalue weighted by Crippen LogP contribution is 2.18. The van der Waals surface area contributed by atoms with Crippen LogP contribution in [0.1, 0.15) is 21.5 Å². The van der Waals surface area contributed by atoms with Gasteiger partial charge in [-0.1, -0.05) is 27.9 Å². The molecule has 0 fully saturated rings. The Morgan fingerprint density at radius 3 is 2.74 bits per heavy atom. The summed E-state index contributed by atoms with van der Waals surface area (Å²) in [7, 11) is 0. The topological polar surface area (TPSA) is 29.1 Å². The van der Waals surface area contributed by atoms with Crippen LogP contribution in [0, 0.1) is 19.3 Å². The standard InChI is InChI=1S/C16H12BrNO/c1-3-12-5-4-6-14(10-12)18-16(19)13-7-8-15(17)11(2)9-13/h1,4-10H,2H3,(H,18,19). The monoisotopic (exact) mass is 313 g/mol. The van der Waals surface area contributed by atoms with Gasteiger partial charge < -0.3 is 5.32 Å². The summed E-state index contributed by atoms with van der Waals surface area (Å²) in [6.07, 6.45) is 5.33. The number of hydrogen-bond donors (Lipinski definition) is 1.